The molecule has 3 aromatic rings. The first-order valence-electron chi connectivity index (χ1n) is 7.84. The van der Waals surface area contributed by atoms with Crippen molar-refractivity contribution in [1.29, 1.82) is 0 Å². The van der Waals surface area contributed by atoms with Crippen LogP contribution in [-0.2, 0) is 7.05 Å². The summed E-state index contributed by atoms with van der Waals surface area (Å²) >= 11 is 0. The molecule has 0 bridgehead atoms. The fourth-order valence-corrected chi connectivity index (χ4v) is 3.02. The maximum atomic E-state index is 5.25. The zero-order valence-electron chi connectivity index (χ0n) is 13.7. The number of aromatic nitrogens is 2. The topological polar surface area (TPSA) is 27.1 Å². The Balaban J connectivity index is 1.91. The first-order valence-corrected chi connectivity index (χ1v) is 7.84. The predicted molar refractivity (Wildman–Crippen MR) is 97.5 cm³/mol. The lowest BCUT2D eigenvalue weighted by Gasteiger charge is -2.06. The van der Waals surface area contributed by atoms with Gasteiger partial charge in [-0.05, 0) is 36.4 Å². The molecule has 0 spiro atoms. The van der Waals surface area contributed by atoms with Crippen LogP contribution in [0.2, 0.25) is 0 Å². The molecule has 1 aliphatic carbocycles. The Bertz CT molecular complexity index is 988. The molecule has 0 amide bonds. The SMILES string of the molecule is COc1ccc(C2=C(c3nc4ccccc4n3C)C=C[C+]=C2)cc1. The third-order valence-electron chi connectivity index (χ3n) is 4.29. The molecule has 0 radical (unpaired) electrons. The second kappa shape index (κ2) is 5.80. The first-order chi connectivity index (χ1) is 11.8. The zero-order chi connectivity index (χ0) is 16.5. The van der Waals surface area contributed by atoms with Crippen molar-refractivity contribution in [3.8, 4) is 5.75 Å². The van der Waals surface area contributed by atoms with Crippen molar-refractivity contribution in [1.82, 2.24) is 9.55 Å². The van der Waals surface area contributed by atoms with Crippen molar-refractivity contribution in [2.24, 2.45) is 7.05 Å². The van der Waals surface area contributed by atoms with E-state index in [0.29, 0.717) is 0 Å². The van der Waals surface area contributed by atoms with Gasteiger partial charge in [-0.15, -0.1) is 0 Å². The van der Waals surface area contributed by atoms with Crippen LogP contribution in [0.5, 0.6) is 5.75 Å². The maximum absolute atomic E-state index is 5.25. The summed E-state index contributed by atoms with van der Waals surface area (Å²) in [4.78, 5) is 4.83. The minimum Gasteiger partial charge on any atom is -0.497 e. The summed E-state index contributed by atoms with van der Waals surface area (Å²) < 4.78 is 7.39. The van der Waals surface area contributed by atoms with Crippen LogP contribution in [0.4, 0.5) is 0 Å². The highest BCUT2D eigenvalue weighted by Crippen LogP contribution is 2.32. The van der Waals surface area contributed by atoms with Crippen molar-refractivity contribution in [2.45, 2.75) is 0 Å². The van der Waals surface area contributed by atoms with Crippen LogP contribution in [0.1, 0.15) is 11.4 Å². The van der Waals surface area contributed by atoms with Gasteiger partial charge in [-0.3, -0.25) is 0 Å². The van der Waals surface area contributed by atoms with Gasteiger partial charge in [0.1, 0.15) is 29.0 Å². The zero-order valence-corrected chi connectivity index (χ0v) is 13.7. The number of ether oxygens (including phenoxy) is 1. The minimum absolute atomic E-state index is 0.850. The van der Waals surface area contributed by atoms with Crippen LogP contribution in [-0.4, -0.2) is 16.7 Å². The Morgan fingerprint density at radius 1 is 1.00 bits per heavy atom. The quantitative estimate of drug-likeness (QED) is 0.669. The van der Waals surface area contributed by atoms with Crippen LogP contribution in [0, 0.1) is 6.08 Å². The highest BCUT2D eigenvalue weighted by atomic mass is 16.5. The van der Waals surface area contributed by atoms with E-state index in [0.717, 1.165) is 39.3 Å². The largest absolute Gasteiger partial charge is 0.497 e. The van der Waals surface area contributed by atoms with E-state index in [2.05, 4.69) is 42.0 Å². The normalized spacial score (nSPS) is 13.4. The number of allylic oxidation sites excluding steroid dienone is 6. The fourth-order valence-electron chi connectivity index (χ4n) is 3.02. The molecule has 0 aliphatic heterocycles. The molecule has 2 aromatic carbocycles. The standard InChI is InChI=1S/C21H17N2O/c1-23-20-10-6-5-9-19(20)22-21(23)18-8-4-3-7-17(18)15-11-13-16(24-2)14-12-15/h4-14H,1-2H3/q+1. The van der Waals surface area contributed by atoms with Gasteiger partial charge in [-0.2, -0.15) is 0 Å². The molecule has 1 aromatic heterocycles. The molecule has 0 saturated carbocycles. The molecule has 0 fully saturated rings. The van der Waals surface area contributed by atoms with Crippen LogP contribution in [0.25, 0.3) is 22.2 Å². The summed E-state index contributed by atoms with van der Waals surface area (Å²) in [5.41, 5.74) is 5.45. The molecular weight excluding hydrogens is 296 g/mol. The average molecular weight is 313 g/mol. The molecule has 3 heteroatoms. The van der Waals surface area contributed by atoms with Gasteiger partial charge in [0, 0.05) is 18.7 Å². The Morgan fingerprint density at radius 2 is 1.79 bits per heavy atom. The summed E-state index contributed by atoms with van der Waals surface area (Å²) in [6, 6.07) is 16.3. The lowest BCUT2D eigenvalue weighted by Crippen LogP contribution is -2.00. The van der Waals surface area contributed by atoms with Crippen molar-refractivity contribution in [3.63, 3.8) is 0 Å². The molecule has 0 saturated heterocycles. The highest BCUT2D eigenvalue weighted by molar-refractivity contribution is 6.00. The van der Waals surface area contributed by atoms with E-state index in [4.69, 9.17) is 9.72 Å². The van der Waals surface area contributed by atoms with Gasteiger partial charge >= 0.3 is 0 Å². The first kappa shape index (κ1) is 14.4. The van der Waals surface area contributed by atoms with Crippen molar-refractivity contribution < 1.29 is 4.74 Å². The van der Waals surface area contributed by atoms with Crippen LogP contribution in [0.3, 0.4) is 0 Å². The average Bonchev–Trinajstić information content (AvgIpc) is 2.99. The summed E-state index contributed by atoms with van der Waals surface area (Å²) in [6.07, 6.45) is 9.20. The molecule has 1 aliphatic rings. The molecule has 116 valence electrons. The Labute approximate surface area is 141 Å². The van der Waals surface area contributed by atoms with Gasteiger partial charge in [-0.1, -0.05) is 12.1 Å². The number of para-hydroxylation sites is 2. The lowest BCUT2D eigenvalue weighted by molar-refractivity contribution is 0.415. The van der Waals surface area contributed by atoms with E-state index in [-0.39, 0.29) is 0 Å². The smallest absolute Gasteiger partial charge is 0.168 e. The number of imidazole rings is 1. The highest BCUT2D eigenvalue weighted by Gasteiger charge is 2.22. The Kier molecular flexibility index (Phi) is 3.49. The number of fused-ring (bicyclic) bond motifs is 1. The second-order valence-electron chi connectivity index (χ2n) is 5.68. The number of aryl methyl sites for hydroxylation is 1. The summed E-state index contributed by atoms with van der Waals surface area (Å²) in [6.45, 7) is 0. The second-order valence-corrected chi connectivity index (χ2v) is 5.68. The van der Waals surface area contributed by atoms with Crippen LogP contribution >= 0.6 is 0 Å². The van der Waals surface area contributed by atoms with Gasteiger partial charge in [0.25, 0.3) is 0 Å². The molecule has 4 rings (SSSR count). The van der Waals surface area contributed by atoms with Gasteiger partial charge in [-0.25, -0.2) is 4.98 Å². The van der Waals surface area contributed by atoms with Gasteiger partial charge in [0.05, 0.1) is 24.2 Å². The minimum atomic E-state index is 0.850. The fraction of sp³-hybridized carbons (Fsp3) is 0.0952. The third kappa shape index (κ3) is 2.32. The van der Waals surface area contributed by atoms with Crippen molar-refractivity contribution >= 4 is 22.2 Å². The third-order valence-corrected chi connectivity index (χ3v) is 4.29. The molecule has 1 heterocycles. The molecule has 0 N–H and O–H groups in total. The summed E-state index contributed by atoms with van der Waals surface area (Å²) in [7, 11) is 3.73. The van der Waals surface area contributed by atoms with E-state index < -0.39 is 0 Å². The summed E-state index contributed by atoms with van der Waals surface area (Å²) in [5, 5.41) is 0. The molecule has 0 atom stereocenters. The molecule has 3 nitrogen and oxygen atoms in total. The van der Waals surface area contributed by atoms with E-state index in [1.54, 1.807) is 7.11 Å². The molecular formula is C21H17N2O+. The van der Waals surface area contributed by atoms with E-state index in [9.17, 15) is 0 Å². The maximum Gasteiger partial charge on any atom is 0.168 e. The number of rotatable bonds is 3. The number of methoxy groups -OCH3 is 1. The van der Waals surface area contributed by atoms with Crippen molar-refractivity contribution in [2.75, 3.05) is 7.11 Å². The molecule has 24 heavy (non-hydrogen) atoms. The van der Waals surface area contributed by atoms with Crippen LogP contribution < -0.4 is 4.74 Å². The van der Waals surface area contributed by atoms with Gasteiger partial charge < -0.3 is 9.30 Å². The summed E-state index contributed by atoms with van der Waals surface area (Å²) in [5.74, 6) is 1.80. The Hall–Kier alpha value is -3.16. The van der Waals surface area contributed by atoms with Gasteiger partial charge in [0.15, 0.2) is 5.82 Å². The predicted octanol–water partition coefficient (Wildman–Crippen LogP) is 4.42. The van der Waals surface area contributed by atoms with Crippen LogP contribution in [0.15, 0.2) is 66.8 Å². The number of hydrogen-bond donors (Lipinski definition) is 0. The van der Waals surface area contributed by atoms with E-state index in [1.165, 1.54) is 0 Å². The number of benzene rings is 2. The van der Waals surface area contributed by atoms with E-state index >= 15 is 0 Å². The van der Waals surface area contributed by atoms with E-state index in [1.807, 2.05) is 42.5 Å². The molecule has 0 unspecified atom stereocenters. The number of nitrogens with zero attached hydrogens (tertiary/aromatic N) is 2. The number of hydrogen-bond acceptors (Lipinski definition) is 2. The Morgan fingerprint density at radius 3 is 2.54 bits per heavy atom. The van der Waals surface area contributed by atoms with Crippen molar-refractivity contribution in [3.05, 3.63) is 84.2 Å². The lowest BCUT2D eigenvalue weighted by atomic mass is 9.95. The van der Waals surface area contributed by atoms with Gasteiger partial charge in [0.2, 0.25) is 0 Å². The monoisotopic (exact) mass is 313 g/mol.